The van der Waals surface area contributed by atoms with Crippen LogP contribution in [0.2, 0.25) is 0 Å². The molecule has 0 spiro atoms. The van der Waals surface area contributed by atoms with Crippen LogP contribution in [-0.2, 0) is 14.3 Å². The summed E-state index contributed by atoms with van der Waals surface area (Å²) in [5.74, 6) is -3.82. The number of fused-ring (bicyclic) bond motifs is 2. The summed E-state index contributed by atoms with van der Waals surface area (Å²) in [5.41, 5.74) is 3.83. The molecule has 1 heterocycles. The fourth-order valence-corrected chi connectivity index (χ4v) is 6.47. The zero-order valence-corrected chi connectivity index (χ0v) is 20.2. The van der Waals surface area contributed by atoms with Gasteiger partial charge in [-0.1, -0.05) is 12.1 Å². The summed E-state index contributed by atoms with van der Waals surface area (Å²) in [6.07, 6.45) is -5.36. The monoisotopic (exact) mass is 517 g/mol. The molecule has 11 heteroatoms. The van der Waals surface area contributed by atoms with Crippen molar-refractivity contribution < 1.29 is 49.4 Å². The average molecular weight is 518 g/mol. The van der Waals surface area contributed by atoms with E-state index in [-0.39, 0.29) is 53.7 Å². The molecule has 11 nitrogen and oxygen atoms in total. The number of carbonyl (C=O) groups excluding carboxylic acids is 3. The number of aliphatic hydroxyl groups excluding tert-OH is 3. The third-order valence-corrected chi connectivity index (χ3v) is 8.34. The summed E-state index contributed by atoms with van der Waals surface area (Å²) in [5, 5.41) is 52.7. The van der Waals surface area contributed by atoms with Crippen molar-refractivity contribution in [3.8, 4) is 5.75 Å². The predicted molar refractivity (Wildman–Crippen MR) is 125 cm³/mol. The molecule has 5 rings (SSSR count). The number of benzene rings is 1. The molecule has 1 aromatic carbocycles. The van der Waals surface area contributed by atoms with Gasteiger partial charge in [0.2, 0.25) is 0 Å². The second-order valence-electron chi connectivity index (χ2n) is 10.6. The first-order chi connectivity index (χ1) is 17.5. The molecule has 3 aliphatic carbocycles. The van der Waals surface area contributed by atoms with Crippen LogP contribution in [0.15, 0.2) is 29.3 Å². The highest BCUT2D eigenvalue weighted by Gasteiger charge is 2.57. The Balaban J connectivity index is 1.53. The van der Waals surface area contributed by atoms with Crippen LogP contribution in [0.5, 0.6) is 5.75 Å². The van der Waals surface area contributed by atoms with Gasteiger partial charge in [-0.3, -0.25) is 14.4 Å². The summed E-state index contributed by atoms with van der Waals surface area (Å²) in [4.78, 5) is 39.3. The molecule has 7 N–H and O–H groups in total. The number of rotatable bonds is 4. The van der Waals surface area contributed by atoms with Gasteiger partial charge in [0.15, 0.2) is 23.6 Å². The van der Waals surface area contributed by atoms with E-state index in [1.54, 1.807) is 6.92 Å². The summed E-state index contributed by atoms with van der Waals surface area (Å²) >= 11 is 0. The summed E-state index contributed by atoms with van der Waals surface area (Å²) in [6, 6.07) is 3.51. The van der Waals surface area contributed by atoms with E-state index in [0.29, 0.717) is 0 Å². The van der Waals surface area contributed by atoms with Crippen molar-refractivity contribution in [2.24, 2.45) is 17.6 Å². The van der Waals surface area contributed by atoms with E-state index >= 15 is 0 Å². The zero-order valence-electron chi connectivity index (χ0n) is 20.2. The van der Waals surface area contributed by atoms with E-state index in [1.165, 1.54) is 18.2 Å². The van der Waals surface area contributed by atoms with Gasteiger partial charge < -0.3 is 40.7 Å². The number of ether oxygens (including phenoxy) is 2. The van der Waals surface area contributed by atoms with Gasteiger partial charge in [-0.2, -0.15) is 0 Å². The van der Waals surface area contributed by atoms with Crippen LogP contribution in [0.25, 0.3) is 0 Å². The quantitative estimate of drug-likeness (QED) is 0.297. The molecule has 0 aromatic heterocycles. The highest BCUT2D eigenvalue weighted by atomic mass is 16.7. The molecular formula is C26H31NO10. The lowest BCUT2D eigenvalue weighted by atomic mass is 9.59. The van der Waals surface area contributed by atoms with Crippen LogP contribution in [0.1, 0.15) is 53.3 Å². The van der Waals surface area contributed by atoms with Crippen LogP contribution < -0.4 is 5.73 Å². The SMILES string of the molecule is CC1OC(OC2CC(O)(C(=O)CO)CC3CC4=C(C(=O)c5c(O)cccc5C4=O)C(O)C32)CC(N)C1O. The van der Waals surface area contributed by atoms with E-state index in [2.05, 4.69) is 0 Å². The standard InChI is InChI=1S/C26H31NO10/c1-10-22(31)14(27)6-18(36-10)37-16-8-26(35,17(30)9-28)7-11-5-13-21(24(33)19(11)16)25(34)20-12(23(13)32)3-2-4-15(20)29/h2-4,10-11,14,16,18-19,22,24,28-29,31,33,35H,5-9,27H2,1H3. The molecule has 0 amide bonds. The van der Waals surface area contributed by atoms with Gasteiger partial charge in [-0.15, -0.1) is 0 Å². The maximum absolute atomic E-state index is 13.4. The van der Waals surface area contributed by atoms with Gasteiger partial charge in [0.05, 0.1) is 30.0 Å². The Morgan fingerprint density at radius 3 is 2.62 bits per heavy atom. The molecule has 0 radical (unpaired) electrons. The minimum absolute atomic E-state index is 0.0161. The molecule has 0 bridgehead atoms. The fourth-order valence-electron chi connectivity index (χ4n) is 6.47. The lowest BCUT2D eigenvalue weighted by Crippen LogP contribution is -2.60. The van der Waals surface area contributed by atoms with Crippen LogP contribution in [-0.4, -0.2) is 91.8 Å². The Bertz CT molecular complexity index is 1170. The number of phenols is 1. The summed E-state index contributed by atoms with van der Waals surface area (Å²) in [7, 11) is 0. The Morgan fingerprint density at radius 2 is 1.95 bits per heavy atom. The maximum Gasteiger partial charge on any atom is 0.196 e. The predicted octanol–water partition coefficient (Wildman–Crippen LogP) is -0.641. The van der Waals surface area contributed by atoms with E-state index in [1.807, 2.05) is 0 Å². The number of phenolic OH excluding ortho intramolecular Hbond substituents is 1. The third-order valence-electron chi connectivity index (χ3n) is 8.34. The summed E-state index contributed by atoms with van der Waals surface area (Å²) < 4.78 is 11.9. The molecule has 2 fully saturated rings. The number of allylic oxidation sites excluding steroid dienone is 1. The molecule has 1 saturated carbocycles. The van der Waals surface area contributed by atoms with E-state index < -0.39 is 78.1 Å². The van der Waals surface area contributed by atoms with Crippen molar-refractivity contribution >= 4 is 17.3 Å². The van der Waals surface area contributed by atoms with Crippen molar-refractivity contribution in [3.63, 3.8) is 0 Å². The number of hydrogen-bond acceptors (Lipinski definition) is 11. The molecule has 1 saturated heterocycles. The van der Waals surface area contributed by atoms with E-state index in [9.17, 15) is 39.9 Å². The van der Waals surface area contributed by atoms with Crippen LogP contribution in [0, 0.1) is 11.8 Å². The molecule has 9 atom stereocenters. The molecule has 37 heavy (non-hydrogen) atoms. The van der Waals surface area contributed by atoms with Crippen LogP contribution >= 0.6 is 0 Å². The van der Waals surface area contributed by atoms with Crippen molar-refractivity contribution in [1.82, 2.24) is 0 Å². The normalized spacial score (nSPS) is 39.6. The highest BCUT2D eigenvalue weighted by Crippen LogP contribution is 2.51. The van der Waals surface area contributed by atoms with E-state index in [0.717, 1.165) is 0 Å². The lowest BCUT2D eigenvalue weighted by molar-refractivity contribution is -0.265. The topological polar surface area (TPSA) is 197 Å². The number of carbonyl (C=O) groups is 3. The smallest absolute Gasteiger partial charge is 0.196 e. The lowest BCUT2D eigenvalue weighted by Gasteiger charge is -2.51. The molecule has 200 valence electrons. The van der Waals surface area contributed by atoms with Gasteiger partial charge in [-0.25, -0.2) is 0 Å². The second-order valence-corrected chi connectivity index (χ2v) is 10.6. The Morgan fingerprint density at radius 1 is 1.22 bits per heavy atom. The van der Waals surface area contributed by atoms with E-state index in [4.69, 9.17) is 15.2 Å². The number of aliphatic hydroxyl groups is 4. The number of Topliss-reactive ketones (excluding diaryl/α,β-unsaturated/α-hetero) is 3. The number of nitrogens with two attached hydrogens (primary N) is 1. The van der Waals surface area contributed by atoms with Crippen molar-refractivity contribution in [2.45, 2.75) is 75.0 Å². The largest absolute Gasteiger partial charge is 0.507 e. The first-order valence-electron chi connectivity index (χ1n) is 12.4. The maximum atomic E-state index is 13.4. The Hall–Kier alpha value is -2.51. The third kappa shape index (κ3) is 4.15. The van der Waals surface area contributed by atoms with Gasteiger partial charge in [-0.05, 0) is 31.7 Å². The molecule has 1 aliphatic heterocycles. The number of ketones is 3. The van der Waals surface area contributed by atoms with Gasteiger partial charge in [0.25, 0.3) is 0 Å². The Kier molecular flexibility index (Phi) is 6.60. The minimum Gasteiger partial charge on any atom is -0.507 e. The Labute approximate surface area is 212 Å². The van der Waals surface area contributed by atoms with Crippen molar-refractivity contribution in [2.75, 3.05) is 6.61 Å². The van der Waals surface area contributed by atoms with Crippen molar-refractivity contribution in [1.29, 1.82) is 0 Å². The van der Waals surface area contributed by atoms with Gasteiger partial charge in [0, 0.05) is 41.5 Å². The first-order valence-corrected chi connectivity index (χ1v) is 12.4. The highest BCUT2D eigenvalue weighted by molar-refractivity contribution is 6.28. The molecular weight excluding hydrogens is 486 g/mol. The fraction of sp³-hybridized carbons (Fsp3) is 0.577. The van der Waals surface area contributed by atoms with Gasteiger partial charge in [0.1, 0.15) is 18.0 Å². The molecule has 9 unspecified atom stereocenters. The van der Waals surface area contributed by atoms with Crippen LogP contribution in [0.3, 0.4) is 0 Å². The molecule has 4 aliphatic rings. The van der Waals surface area contributed by atoms with Crippen molar-refractivity contribution in [3.05, 3.63) is 40.5 Å². The first kappa shape index (κ1) is 26.1. The minimum atomic E-state index is -1.99. The average Bonchev–Trinajstić information content (AvgIpc) is 2.84. The summed E-state index contributed by atoms with van der Waals surface area (Å²) in [6.45, 7) is 0.716. The van der Waals surface area contributed by atoms with Gasteiger partial charge >= 0.3 is 0 Å². The number of aromatic hydroxyl groups is 1. The van der Waals surface area contributed by atoms with Crippen LogP contribution in [0.4, 0.5) is 0 Å². The number of hydrogen-bond donors (Lipinski definition) is 6. The second kappa shape index (κ2) is 9.35. The molecule has 1 aromatic rings. The zero-order chi connectivity index (χ0) is 26.8.